The van der Waals surface area contributed by atoms with Crippen LogP contribution >= 0.6 is 0 Å². The summed E-state index contributed by atoms with van der Waals surface area (Å²) in [6, 6.07) is 7.89. The maximum atomic E-state index is 12.2. The Balaban J connectivity index is 3.33. The third-order valence-electron chi connectivity index (χ3n) is 5.48. The van der Waals surface area contributed by atoms with E-state index < -0.39 is 24.3 Å². The molecular formula is C24H39NO3Sn. The fourth-order valence-electron chi connectivity index (χ4n) is 3.72. The molecule has 162 valence electrons. The van der Waals surface area contributed by atoms with Crippen molar-refractivity contribution in [2.24, 2.45) is 5.16 Å². The van der Waals surface area contributed by atoms with Crippen molar-refractivity contribution in [3.8, 4) is 0 Å². The van der Waals surface area contributed by atoms with Gasteiger partial charge in [0.25, 0.3) is 0 Å². The molecule has 0 spiro atoms. The third kappa shape index (κ3) is 8.53. The number of ether oxygens (including phenoxy) is 1. The molecule has 0 fully saturated rings. The number of unbranched alkanes of at least 4 members (excludes halogenated alkanes) is 3. The summed E-state index contributed by atoms with van der Waals surface area (Å²) in [5, 5.41) is 3.94. The van der Waals surface area contributed by atoms with Gasteiger partial charge in [-0.05, 0) is 0 Å². The number of methoxy groups -OCH3 is 1. The average molecular weight is 508 g/mol. The zero-order valence-corrected chi connectivity index (χ0v) is 21.9. The van der Waals surface area contributed by atoms with E-state index in [1.165, 1.54) is 66.1 Å². The molecule has 0 saturated heterocycles. The second kappa shape index (κ2) is 14.6. The van der Waals surface area contributed by atoms with Gasteiger partial charge in [-0.25, -0.2) is 0 Å². The van der Waals surface area contributed by atoms with E-state index in [1.807, 2.05) is 18.2 Å². The predicted octanol–water partition coefficient (Wildman–Crippen LogP) is 6.61. The first-order valence-electron chi connectivity index (χ1n) is 11.1. The number of hydrogen-bond acceptors (Lipinski definition) is 4. The zero-order valence-electron chi connectivity index (χ0n) is 19.0. The predicted molar refractivity (Wildman–Crippen MR) is 126 cm³/mol. The molecule has 0 aromatic heterocycles. The number of benzene rings is 1. The van der Waals surface area contributed by atoms with Crippen LogP contribution in [0, 0.1) is 0 Å². The topological polar surface area (TPSA) is 47.9 Å². The fourth-order valence-corrected chi connectivity index (χ4v) is 17.9. The Morgan fingerprint density at radius 1 is 0.966 bits per heavy atom. The molecule has 0 heterocycles. The van der Waals surface area contributed by atoms with Crippen molar-refractivity contribution >= 4 is 36.1 Å². The van der Waals surface area contributed by atoms with Crippen LogP contribution in [0.5, 0.6) is 0 Å². The van der Waals surface area contributed by atoms with E-state index in [0.29, 0.717) is 0 Å². The van der Waals surface area contributed by atoms with Gasteiger partial charge in [-0.1, -0.05) is 0 Å². The van der Waals surface area contributed by atoms with Gasteiger partial charge in [0.05, 0.1) is 0 Å². The molecular weight excluding hydrogens is 469 g/mol. The van der Waals surface area contributed by atoms with Crippen LogP contribution in [-0.4, -0.2) is 44.3 Å². The standard InChI is InChI=1S/C12H12NO3.3C4H9.Sn/c1-4-9-7-5-6-8-10(9)11(13-16-3)12(14)15-2;3*1-3-4-2;/h1,4-8H,2-3H3;3*1,3-4H2,2H3;/b4-1?,13-11-;;;;. The summed E-state index contributed by atoms with van der Waals surface area (Å²) in [5.74, 6) is -0.481. The molecule has 1 rings (SSSR count). The Bertz CT molecular complexity index is 648. The fraction of sp³-hybridized carbons (Fsp3) is 0.583. The second-order valence-corrected chi connectivity index (χ2v) is 20.7. The zero-order chi connectivity index (χ0) is 21.5. The molecule has 4 nitrogen and oxygen atoms in total. The van der Waals surface area contributed by atoms with E-state index in [1.54, 1.807) is 0 Å². The first-order valence-corrected chi connectivity index (χ1v) is 18.8. The minimum absolute atomic E-state index is 0.215. The van der Waals surface area contributed by atoms with Gasteiger partial charge in [0.1, 0.15) is 0 Å². The Hall–Kier alpha value is -1.30. The summed E-state index contributed by atoms with van der Waals surface area (Å²) >= 11 is -2.41. The van der Waals surface area contributed by atoms with Crippen molar-refractivity contribution in [2.45, 2.75) is 72.6 Å². The van der Waals surface area contributed by atoms with Gasteiger partial charge in [0.15, 0.2) is 0 Å². The third-order valence-corrected chi connectivity index (χ3v) is 19.5. The van der Waals surface area contributed by atoms with Gasteiger partial charge >= 0.3 is 182 Å². The number of nitrogens with zero attached hydrogens (tertiary/aromatic N) is 1. The van der Waals surface area contributed by atoms with Crippen molar-refractivity contribution in [3.05, 3.63) is 39.5 Å². The molecule has 1 aromatic rings. The summed E-state index contributed by atoms with van der Waals surface area (Å²) in [7, 11) is 2.82. The van der Waals surface area contributed by atoms with E-state index in [0.717, 1.165) is 11.1 Å². The van der Waals surface area contributed by atoms with Crippen molar-refractivity contribution in [1.29, 1.82) is 0 Å². The molecule has 1 aromatic carbocycles. The van der Waals surface area contributed by atoms with E-state index >= 15 is 0 Å². The number of rotatable bonds is 14. The van der Waals surface area contributed by atoms with E-state index in [9.17, 15) is 4.79 Å². The van der Waals surface area contributed by atoms with E-state index in [-0.39, 0.29) is 5.71 Å². The average Bonchev–Trinajstić information content (AvgIpc) is 2.76. The van der Waals surface area contributed by atoms with Gasteiger partial charge < -0.3 is 0 Å². The van der Waals surface area contributed by atoms with Gasteiger partial charge in [0, 0.05) is 0 Å². The van der Waals surface area contributed by atoms with Gasteiger partial charge in [0.2, 0.25) is 0 Å². The molecule has 0 N–H and O–H groups in total. The molecule has 5 heteroatoms. The van der Waals surface area contributed by atoms with Crippen molar-refractivity contribution in [3.63, 3.8) is 0 Å². The normalized spacial score (nSPS) is 12.4. The molecule has 0 aliphatic carbocycles. The van der Waals surface area contributed by atoms with Gasteiger partial charge in [-0.2, -0.15) is 0 Å². The number of esters is 1. The summed E-state index contributed by atoms with van der Waals surface area (Å²) in [4.78, 5) is 17.2. The first kappa shape index (κ1) is 25.7. The van der Waals surface area contributed by atoms with Crippen molar-refractivity contribution < 1.29 is 14.4 Å². The number of hydrogen-bond donors (Lipinski definition) is 0. The van der Waals surface area contributed by atoms with Crippen LogP contribution in [0.25, 0.3) is 6.08 Å². The van der Waals surface area contributed by atoms with Crippen LogP contribution in [0.3, 0.4) is 0 Å². The minimum atomic E-state index is -2.41. The van der Waals surface area contributed by atoms with Crippen molar-refractivity contribution in [2.75, 3.05) is 14.2 Å². The number of carbonyl (C=O) groups excluding carboxylic acids is 1. The molecule has 29 heavy (non-hydrogen) atoms. The number of carbonyl (C=O) groups is 1. The van der Waals surface area contributed by atoms with Crippen molar-refractivity contribution in [1.82, 2.24) is 0 Å². The molecule has 0 bridgehead atoms. The van der Waals surface area contributed by atoms with E-state index in [4.69, 9.17) is 9.57 Å². The molecule has 0 amide bonds. The SMILES string of the molecule is CCC[CH2][Sn](/[CH]=C/c1ccccc1/C(=N/OC)C(=O)OC)([CH2]CCC)[CH2]CCC. The molecule has 0 unspecified atom stereocenters. The van der Waals surface area contributed by atoms with Crippen LogP contribution in [0.15, 0.2) is 33.5 Å². The van der Waals surface area contributed by atoms with Crippen LogP contribution < -0.4 is 0 Å². The van der Waals surface area contributed by atoms with Crippen LogP contribution in [-0.2, 0) is 14.4 Å². The quantitative estimate of drug-likeness (QED) is 0.123. The Morgan fingerprint density at radius 3 is 2.00 bits per heavy atom. The van der Waals surface area contributed by atoms with Crippen LogP contribution in [0.4, 0.5) is 0 Å². The van der Waals surface area contributed by atoms with Gasteiger partial charge in [-0.15, -0.1) is 0 Å². The summed E-state index contributed by atoms with van der Waals surface area (Å²) in [6.07, 6.45) is 10.0. The summed E-state index contributed by atoms with van der Waals surface area (Å²) < 4.78 is 11.8. The Kier molecular flexibility index (Phi) is 13.0. The first-order chi connectivity index (χ1) is 14.1. The molecule has 0 atom stereocenters. The Labute approximate surface area is 181 Å². The summed E-state index contributed by atoms with van der Waals surface area (Å²) in [6.45, 7) is 6.87. The second-order valence-electron chi connectivity index (χ2n) is 7.71. The van der Waals surface area contributed by atoms with Gasteiger partial charge in [-0.3, -0.25) is 0 Å². The maximum absolute atomic E-state index is 12.2. The molecule has 0 saturated carbocycles. The molecule has 0 radical (unpaired) electrons. The monoisotopic (exact) mass is 509 g/mol. The van der Waals surface area contributed by atoms with Crippen LogP contribution in [0.2, 0.25) is 13.3 Å². The molecule has 0 aliphatic heterocycles. The summed E-state index contributed by atoms with van der Waals surface area (Å²) in [5.41, 5.74) is 1.99. The van der Waals surface area contributed by atoms with Crippen LogP contribution in [0.1, 0.15) is 70.4 Å². The molecule has 0 aliphatic rings. The Morgan fingerprint density at radius 2 is 1.52 bits per heavy atom. The number of oxime groups is 1. The van der Waals surface area contributed by atoms with E-state index in [2.05, 4.69) is 42.2 Å².